The molecule has 0 bridgehead atoms. The summed E-state index contributed by atoms with van der Waals surface area (Å²) >= 11 is 1.63. The topological polar surface area (TPSA) is 74.2 Å². The van der Waals surface area contributed by atoms with Crippen LogP contribution >= 0.6 is 23.7 Å². The maximum atomic E-state index is 12.2. The van der Waals surface area contributed by atoms with Gasteiger partial charge in [0.25, 0.3) is 0 Å². The number of thiazole rings is 1. The second-order valence-corrected chi connectivity index (χ2v) is 6.82. The zero-order valence-corrected chi connectivity index (χ0v) is 15.3. The minimum Gasteiger partial charge on any atom is -0.392 e. The molecule has 0 unspecified atom stereocenters. The smallest absolute Gasteiger partial charge is 0.237 e. The molecule has 3 atom stereocenters. The molecule has 1 saturated heterocycles. The number of amides is 1. The van der Waals surface area contributed by atoms with E-state index in [1.54, 1.807) is 11.3 Å². The fourth-order valence-corrected chi connectivity index (χ4v) is 3.63. The molecule has 2 heterocycles. The van der Waals surface area contributed by atoms with Crippen molar-refractivity contribution in [3.63, 3.8) is 0 Å². The second-order valence-electron chi connectivity index (χ2n) is 5.97. The van der Waals surface area contributed by atoms with Gasteiger partial charge in [-0.25, -0.2) is 4.98 Å². The summed E-state index contributed by atoms with van der Waals surface area (Å²) in [6.45, 7) is 4.46. The lowest BCUT2D eigenvalue weighted by atomic mass is 10.0. The Morgan fingerprint density at radius 1 is 1.42 bits per heavy atom. The molecule has 7 heteroatoms. The van der Waals surface area contributed by atoms with Crippen LogP contribution in [0.5, 0.6) is 0 Å². The molecule has 5 nitrogen and oxygen atoms in total. The average Bonchev–Trinajstić information content (AvgIpc) is 3.16. The molecule has 1 aromatic carbocycles. The highest BCUT2D eigenvalue weighted by Crippen LogP contribution is 2.28. The number of carbonyl (C=O) groups excluding carboxylic acids is 1. The second kappa shape index (κ2) is 8.07. The third-order valence-corrected chi connectivity index (χ3v) is 5.18. The number of nitrogens with one attached hydrogen (secondary N) is 2. The molecular formula is C17H22ClN3O2S. The monoisotopic (exact) mass is 367 g/mol. The van der Waals surface area contributed by atoms with Crippen molar-refractivity contribution in [2.75, 3.05) is 6.54 Å². The van der Waals surface area contributed by atoms with Gasteiger partial charge in [0.05, 0.1) is 34.3 Å². The first-order valence-electron chi connectivity index (χ1n) is 7.77. The van der Waals surface area contributed by atoms with Gasteiger partial charge < -0.3 is 15.7 Å². The number of nitrogens with zero attached hydrogens (tertiary/aromatic N) is 1. The maximum absolute atomic E-state index is 12.2. The van der Waals surface area contributed by atoms with Gasteiger partial charge in [0.2, 0.25) is 5.91 Å². The number of β-amino-alcohol motifs (C(OH)–C–C–N with tert-alkyl or cyclic N) is 1. The van der Waals surface area contributed by atoms with Crippen molar-refractivity contribution in [1.29, 1.82) is 0 Å². The molecule has 1 aliphatic rings. The number of carbonyl (C=O) groups is 1. The summed E-state index contributed by atoms with van der Waals surface area (Å²) in [7, 11) is 0. The van der Waals surface area contributed by atoms with Crippen molar-refractivity contribution < 1.29 is 9.90 Å². The van der Waals surface area contributed by atoms with Gasteiger partial charge in [-0.3, -0.25) is 4.79 Å². The number of hydrogen-bond donors (Lipinski definition) is 3. The minimum absolute atomic E-state index is 0. The van der Waals surface area contributed by atoms with Crippen molar-refractivity contribution in [2.24, 2.45) is 0 Å². The van der Waals surface area contributed by atoms with Gasteiger partial charge in [0, 0.05) is 6.54 Å². The van der Waals surface area contributed by atoms with Crippen LogP contribution < -0.4 is 10.6 Å². The number of aryl methyl sites for hydroxylation is 1. The summed E-state index contributed by atoms with van der Waals surface area (Å²) in [5.74, 6) is -0.0589. The van der Waals surface area contributed by atoms with Gasteiger partial charge in [-0.05, 0) is 31.4 Å². The Hall–Kier alpha value is -1.47. The molecule has 0 spiro atoms. The molecule has 1 aromatic heterocycles. The highest BCUT2D eigenvalue weighted by molar-refractivity contribution is 7.13. The van der Waals surface area contributed by atoms with Crippen LogP contribution in [-0.2, 0) is 4.79 Å². The van der Waals surface area contributed by atoms with E-state index in [2.05, 4.69) is 27.8 Å². The van der Waals surface area contributed by atoms with Crippen LogP contribution in [0.1, 0.15) is 30.6 Å². The fraction of sp³-hybridized carbons (Fsp3) is 0.412. The number of benzene rings is 1. The van der Waals surface area contributed by atoms with Crippen LogP contribution in [0.4, 0.5) is 0 Å². The lowest BCUT2D eigenvalue weighted by Crippen LogP contribution is -2.41. The standard InChI is InChI=1S/C17H21N3O2S.ClH/c1-10(20-17(22)15-7-14(21)8-18-15)12-3-5-13(6-4-12)16-11(2)19-9-23-16;/h3-6,9-10,14-15,18,21H,7-8H2,1-2H3,(H,20,22);1H/t10-,14+,15-;/m0./s1. The van der Waals surface area contributed by atoms with Crippen molar-refractivity contribution in [2.45, 2.75) is 38.5 Å². The van der Waals surface area contributed by atoms with E-state index in [-0.39, 0.29) is 30.4 Å². The van der Waals surface area contributed by atoms with Gasteiger partial charge >= 0.3 is 0 Å². The van der Waals surface area contributed by atoms with E-state index >= 15 is 0 Å². The first kappa shape index (κ1) is 18.9. The number of rotatable bonds is 4. The van der Waals surface area contributed by atoms with E-state index in [0.717, 1.165) is 16.8 Å². The highest BCUT2D eigenvalue weighted by Gasteiger charge is 2.28. The van der Waals surface area contributed by atoms with Crippen molar-refractivity contribution in [3.05, 3.63) is 41.0 Å². The lowest BCUT2D eigenvalue weighted by Gasteiger charge is -2.18. The van der Waals surface area contributed by atoms with Gasteiger partial charge in [-0.1, -0.05) is 24.3 Å². The van der Waals surface area contributed by atoms with Crippen LogP contribution in [-0.4, -0.2) is 34.7 Å². The molecule has 1 aliphatic heterocycles. The molecule has 0 saturated carbocycles. The molecule has 3 rings (SSSR count). The quantitative estimate of drug-likeness (QED) is 0.776. The molecule has 0 radical (unpaired) electrons. The van der Waals surface area contributed by atoms with Crippen molar-refractivity contribution in [1.82, 2.24) is 15.6 Å². The Bertz CT molecular complexity index is 689. The SMILES string of the molecule is Cc1ncsc1-c1ccc([C@H](C)NC(=O)[C@@H]2C[C@@H](O)CN2)cc1.Cl. The number of halogens is 1. The van der Waals surface area contributed by atoms with Crippen LogP contribution in [0.2, 0.25) is 0 Å². The Morgan fingerprint density at radius 3 is 2.67 bits per heavy atom. The number of aliphatic hydroxyl groups is 1. The first-order valence-corrected chi connectivity index (χ1v) is 8.65. The van der Waals surface area contributed by atoms with Crippen LogP contribution in [0.3, 0.4) is 0 Å². The van der Waals surface area contributed by atoms with E-state index in [1.807, 2.05) is 31.5 Å². The third kappa shape index (κ3) is 4.13. The van der Waals surface area contributed by atoms with E-state index in [0.29, 0.717) is 13.0 Å². The highest BCUT2D eigenvalue weighted by atomic mass is 35.5. The van der Waals surface area contributed by atoms with Crippen LogP contribution in [0.15, 0.2) is 29.8 Å². The molecule has 24 heavy (non-hydrogen) atoms. The normalized spacial score (nSPS) is 21.1. The van der Waals surface area contributed by atoms with Crippen LogP contribution in [0, 0.1) is 6.92 Å². The zero-order valence-electron chi connectivity index (χ0n) is 13.7. The predicted octanol–water partition coefficient (Wildman–Crippen LogP) is 2.44. The van der Waals surface area contributed by atoms with E-state index in [1.165, 1.54) is 4.88 Å². The van der Waals surface area contributed by atoms with E-state index in [4.69, 9.17) is 0 Å². The maximum Gasteiger partial charge on any atom is 0.237 e. The number of aromatic nitrogens is 1. The van der Waals surface area contributed by atoms with Crippen molar-refractivity contribution in [3.8, 4) is 10.4 Å². The van der Waals surface area contributed by atoms with E-state index < -0.39 is 6.10 Å². The molecule has 3 N–H and O–H groups in total. The fourth-order valence-electron chi connectivity index (χ4n) is 2.82. The third-order valence-electron chi connectivity index (χ3n) is 4.20. The van der Waals surface area contributed by atoms with Crippen molar-refractivity contribution >= 4 is 29.7 Å². The largest absolute Gasteiger partial charge is 0.392 e. The Labute approximate surface area is 151 Å². The van der Waals surface area contributed by atoms with Gasteiger partial charge in [-0.2, -0.15) is 0 Å². The summed E-state index contributed by atoms with van der Waals surface area (Å²) in [5.41, 5.74) is 5.09. The van der Waals surface area contributed by atoms with Gasteiger partial charge in [0.15, 0.2) is 0 Å². The Morgan fingerprint density at radius 2 is 2.12 bits per heavy atom. The van der Waals surface area contributed by atoms with Crippen LogP contribution in [0.25, 0.3) is 10.4 Å². The summed E-state index contributed by atoms with van der Waals surface area (Å²) in [4.78, 5) is 17.6. The summed E-state index contributed by atoms with van der Waals surface area (Å²) in [6.07, 6.45) is 0.0466. The average molecular weight is 368 g/mol. The summed E-state index contributed by atoms with van der Waals surface area (Å²) in [6, 6.07) is 7.84. The Kier molecular flexibility index (Phi) is 6.34. The number of aliphatic hydroxyl groups excluding tert-OH is 1. The number of hydrogen-bond acceptors (Lipinski definition) is 5. The van der Waals surface area contributed by atoms with Gasteiger partial charge in [-0.15, -0.1) is 23.7 Å². The first-order chi connectivity index (χ1) is 11.0. The van der Waals surface area contributed by atoms with Gasteiger partial charge in [0.1, 0.15) is 0 Å². The molecule has 130 valence electrons. The zero-order chi connectivity index (χ0) is 16.4. The molecule has 2 aromatic rings. The molecule has 1 amide bonds. The van der Waals surface area contributed by atoms with E-state index in [9.17, 15) is 9.90 Å². The summed E-state index contributed by atoms with van der Waals surface area (Å²) in [5, 5.41) is 15.5. The molecular weight excluding hydrogens is 346 g/mol. The lowest BCUT2D eigenvalue weighted by molar-refractivity contribution is -0.123. The Balaban J connectivity index is 0.00000208. The molecule has 1 fully saturated rings. The predicted molar refractivity (Wildman–Crippen MR) is 98.5 cm³/mol. The summed E-state index contributed by atoms with van der Waals surface area (Å²) < 4.78 is 0. The minimum atomic E-state index is -0.428. The molecule has 0 aliphatic carbocycles.